The first-order valence-electron chi connectivity index (χ1n) is 8.07. The summed E-state index contributed by atoms with van der Waals surface area (Å²) < 4.78 is 7.48. The van der Waals surface area contributed by atoms with Crippen molar-refractivity contribution in [3.05, 3.63) is 35.7 Å². The van der Waals surface area contributed by atoms with Crippen LogP contribution in [0.1, 0.15) is 53.5 Å². The van der Waals surface area contributed by atoms with E-state index >= 15 is 0 Å². The van der Waals surface area contributed by atoms with Crippen molar-refractivity contribution in [2.75, 3.05) is 13.1 Å². The fraction of sp³-hybridized carbons (Fsp3) is 0.562. The lowest BCUT2D eigenvalue weighted by atomic mass is 9.95. The maximum Gasteiger partial charge on any atom is 0.276 e. The number of carbonyl (C=O) groups is 1. The highest BCUT2D eigenvalue weighted by Crippen LogP contribution is 2.27. The molecular weight excluding hydrogens is 280 g/mol. The molecule has 2 aromatic rings. The molecule has 1 aliphatic carbocycles. The summed E-state index contributed by atoms with van der Waals surface area (Å²) in [7, 11) is 0. The number of amides is 1. The molecule has 1 amide bonds. The van der Waals surface area contributed by atoms with Gasteiger partial charge in [-0.3, -0.25) is 4.79 Å². The molecular formula is C16H20N4O2. The molecule has 2 aliphatic rings. The summed E-state index contributed by atoms with van der Waals surface area (Å²) in [5.74, 6) is 0.939. The molecule has 0 saturated carbocycles. The standard InChI is InChI=1S/C16H20N4O2/c21-16(15-13-5-1-2-6-14(13)22-18-15)19-8-3-4-12(10-19)20-9-7-17-11-20/h7,9,11-12H,1-6,8,10H2. The van der Waals surface area contributed by atoms with Crippen molar-refractivity contribution in [1.82, 2.24) is 19.6 Å². The minimum Gasteiger partial charge on any atom is -0.360 e. The fourth-order valence-electron chi connectivity index (χ4n) is 3.57. The number of carbonyl (C=O) groups excluding carboxylic acids is 1. The van der Waals surface area contributed by atoms with E-state index in [2.05, 4.69) is 14.7 Å². The van der Waals surface area contributed by atoms with Crippen LogP contribution in [0.3, 0.4) is 0 Å². The molecule has 0 N–H and O–H groups in total. The average molecular weight is 300 g/mol. The van der Waals surface area contributed by atoms with Gasteiger partial charge in [0.25, 0.3) is 5.91 Å². The highest BCUT2D eigenvalue weighted by atomic mass is 16.5. The lowest BCUT2D eigenvalue weighted by Crippen LogP contribution is -2.41. The normalized spacial score (nSPS) is 21.6. The summed E-state index contributed by atoms with van der Waals surface area (Å²) in [6.07, 6.45) is 11.7. The van der Waals surface area contributed by atoms with Crippen LogP contribution in [0, 0.1) is 0 Å². The monoisotopic (exact) mass is 300 g/mol. The Balaban J connectivity index is 1.54. The van der Waals surface area contributed by atoms with Gasteiger partial charge in [-0.1, -0.05) is 5.16 Å². The third-order valence-electron chi connectivity index (χ3n) is 4.78. The van der Waals surface area contributed by atoms with Crippen LogP contribution in [-0.2, 0) is 12.8 Å². The van der Waals surface area contributed by atoms with Crippen molar-refractivity contribution in [3.8, 4) is 0 Å². The van der Waals surface area contributed by atoms with Gasteiger partial charge in [-0.25, -0.2) is 4.98 Å². The van der Waals surface area contributed by atoms with E-state index in [0.29, 0.717) is 11.7 Å². The number of hydrogen-bond acceptors (Lipinski definition) is 4. The Hall–Kier alpha value is -2.11. The average Bonchev–Trinajstić information content (AvgIpc) is 3.24. The molecule has 6 nitrogen and oxygen atoms in total. The van der Waals surface area contributed by atoms with Crippen molar-refractivity contribution < 1.29 is 9.32 Å². The van der Waals surface area contributed by atoms with Gasteiger partial charge >= 0.3 is 0 Å². The van der Waals surface area contributed by atoms with Gasteiger partial charge < -0.3 is 14.0 Å². The van der Waals surface area contributed by atoms with E-state index in [4.69, 9.17) is 4.52 Å². The van der Waals surface area contributed by atoms with Gasteiger partial charge in [0.15, 0.2) is 5.69 Å². The van der Waals surface area contributed by atoms with Crippen LogP contribution >= 0.6 is 0 Å². The number of imidazole rings is 1. The number of rotatable bonds is 2. The van der Waals surface area contributed by atoms with E-state index in [1.165, 1.54) is 0 Å². The Morgan fingerprint density at radius 2 is 2.18 bits per heavy atom. The van der Waals surface area contributed by atoms with E-state index < -0.39 is 0 Å². The molecule has 0 bridgehead atoms. The van der Waals surface area contributed by atoms with Crippen LogP contribution < -0.4 is 0 Å². The molecule has 1 unspecified atom stereocenters. The minimum atomic E-state index is 0.0247. The molecule has 0 radical (unpaired) electrons. The van der Waals surface area contributed by atoms with Crippen molar-refractivity contribution >= 4 is 5.91 Å². The van der Waals surface area contributed by atoms with Crippen LogP contribution in [0.15, 0.2) is 23.2 Å². The van der Waals surface area contributed by atoms with Gasteiger partial charge in [0.2, 0.25) is 0 Å². The van der Waals surface area contributed by atoms with Crippen LogP contribution in [-0.4, -0.2) is 38.6 Å². The second kappa shape index (κ2) is 5.59. The lowest BCUT2D eigenvalue weighted by Gasteiger charge is -2.33. The second-order valence-electron chi connectivity index (χ2n) is 6.20. The number of nitrogens with zero attached hydrogens (tertiary/aromatic N) is 4. The smallest absolute Gasteiger partial charge is 0.276 e. The van der Waals surface area contributed by atoms with Crippen molar-refractivity contribution in [2.24, 2.45) is 0 Å². The highest BCUT2D eigenvalue weighted by Gasteiger charge is 2.30. The molecule has 3 heterocycles. The first-order chi connectivity index (χ1) is 10.8. The van der Waals surface area contributed by atoms with Crippen molar-refractivity contribution in [3.63, 3.8) is 0 Å². The Morgan fingerprint density at radius 3 is 3.05 bits per heavy atom. The maximum absolute atomic E-state index is 12.8. The summed E-state index contributed by atoms with van der Waals surface area (Å²) in [5.41, 5.74) is 1.59. The summed E-state index contributed by atoms with van der Waals surface area (Å²) >= 11 is 0. The molecule has 6 heteroatoms. The summed E-state index contributed by atoms with van der Waals surface area (Å²) in [6, 6.07) is 0.308. The molecule has 1 fully saturated rings. The zero-order valence-corrected chi connectivity index (χ0v) is 12.6. The third-order valence-corrected chi connectivity index (χ3v) is 4.78. The van der Waals surface area contributed by atoms with Gasteiger partial charge in [-0.15, -0.1) is 0 Å². The Morgan fingerprint density at radius 1 is 1.27 bits per heavy atom. The Kier molecular flexibility index (Phi) is 3.44. The van der Waals surface area contributed by atoms with E-state index in [0.717, 1.165) is 62.9 Å². The molecule has 0 aromatic carbocycles. The van der Waals surface area contributed by atoms with Crippen LogP contribution in [0.5, 0.6) is 0 Å². The molecule has 116 valence electrons. The van der Waals surface area contributed by atoms with Gasteiger partial charge in [0.05, 0.1) is 12.4 Å². The minimum absolute atomic E-state index is 0.0247. The first kappa shape index (κ1) is 13.5. The third kappa shape index (κ3) is 2.32. The predicted molar refractivity (Wildman–Crippen MR) is 79.5 cm³/mol. The largest absolute Gasteiger partial charge is 0.360 e. The van der Waals surface area contributed by atoms with E-state index in [1.54, 1.807) is 6.20 Å². The molecule has 4 rings (SSSR count). The van der Waals surface area contributed by atoms with Crippen LogP contribution in [0.2, 0.25) is 0 Å². The van der Waals surface area contributed by atoms with E-state index in [-0.39, 0.29) is 5.91 Å². The lowest BCUT2D eigenvalue weighted by molar-refractivity contribution is 0.0668. The fourth-order valence-corrected chi connectivity index (χ4v) is 3.57. The SMILES string of the molecule is O=C(c1noc2c1CCCC2)N1CCCC(n2ccnc2)C1. The topological polar surface area (TPSA) is 64.2 Å². The molecule has 1 saturated heterocycles. The van der Waals surface area contributed by atoms with E-state index in [9.17, 15) is 4.79 Å². The van der Waals surface area contributed by atoms with E-state index in [1.807, 2.05) is 17.4 Å². The number of aryl methyl sites for hydroxylation is 1. The van der Waals surface area contributed by atoms with Crippen molar-refractivity contribution in [1.29, 1.82) is 0 Å². The van der Waals surface area contributed by atoms with Crippen molar-refractivity contribution in [2.45, 2.75) is 44.6 Å². The second-order valence-corrected chi connectivity index (χ2v) is 6.20. The van der Waals surface area contributed by atoms with Gasteiger partial charge in [-0.05, 0) is 32.1 Å². The molecule has 2 aromatic heterocycles. The van der Waals surface area contributed by atoms with Gasteiger partial charge in [0.1, 0.15) is 5.76 Å². The highest BCUT2D eigenvalue weighted by molar-refractivity contribution is 5.94. The number of aromatic nitrogens is 3. The number of hydrogen-bond donors (Lipinski definition) is 0. The molecule has 1 atom stereocenters. The summed E-state index contributed by atoms with van der Waals surface area (Å²) in [4.78, 5) is 18.9. The van der Waals surface area contributed by atoms with Gasteiger partial charge in [-0.2, -0.15) is 0 Å². The molecule has 22 heavy (non-hydrogen) atoms. The summed E-state index contributed by atoms with van der Waals surface area (Å²) in [5, 5.41) is 4.08. The number of fused-ring (bicyclic) bond motifs is 1. The number of piperidine rings is 1. The predicted octanol–water partition coefficient (Wildman–Crippen LogP) is 2.23. The van der Waals surface area contributed by atoms with Crippen LogP contribution in [0.4, 0.5) is 0 Å². The maximum atomic E-state index is 12.8. The molecule has 1 aliphatic heterocycles. The molecule has 0 spiro atoms. The zero-order valence-electron chi connectivity index (χ0n) is 12.6. The zero-order chi connectivity index (χ0) is 14.9. The quantitative estimate of drug-likeness (QED) is 0.853. The summed E-state index contributed by atoms with van der Waals surface area (Å²) in [6.45, 7) is 1.52. The Bertz CT molecular complexity index is 662. The number of likely N-dealkylation sites (tertiary alicyclic amines) is 1. The van der Waals surface area contributed by atoms with Gasteiger partial charge in [0, 0.05) is 37.5 Å². The van der Waals surface area contributed by atoms with Crippen LogP contribution in [0.25, 0.3) is 0 Å². The Labute approximate surface area is 129 Å². The first-order valence-corrected chi connectivity index (χ1v) is 8.07.